The second-order valence-corrected chi connectivity index (χ2v) is 3.83. The Hall–Kier alpha value is -2.10. The average Bonchev–Trinajstić information content (AvgIpc) is 2.48. The Morgan fingerprint density at radius 1 is 1.25 bits per heavy atom. The molecule has 0 aliphatic carbocycles. The average molecular weight is 277 g/mol. The zero-order valence-corrected chi connectivity index (χ0v) is 12.6. The van der Waals surface area contributed by atoms with E-state index >= 15 is 0 Å². The summed E-state index contributed by atoms with van der Waals surface area (Å²) in [7, 11) is 1.30. The molecule has 1 unspecified atom stereocenters. The number of methoxy groups -OCH3 is 1. The molecule has 0 bridgehead atoms. The van der Waals surface area contributed by atoms with Crippen molar-refractivity contribution < 1.29 is 14.3 Å². The largest absolute Gasteiger partial charge is 0.467 e. The third-order valence-electron chi connectivity index (χ3n) is 2.34. The van der Waals surface area contributed by atoms with E-state index in [2.05, 4.69) is 10.1 Å². The molecule has 0 radical (unpaired) electrons. The molecule has 1 aromatic rings. The molecule has 1 aromatic carbocycles. The summed E-state index contributed by atoms with van der Waals surface area (Å²) >= 11 is 0. The van der Waals surface area contributed by atoms with Gasteiger partial charge in [-0.3, -0.25) is 4.79 Å². The normalized spacial score (nSPS) is 11.2. The highest BCUT2D eigenvalue weighted by Crippen LogP contribution is 2.04. The monoisotopic (exact) mass is 277 g/mol. The molecule has 0 saturated carbocycles. The number of benzene rings is 1. The summed E-state index contributed by atoms with van der Waals surface area (Å²) in [5, 5.41) is 2.55. The van der Waals surface area contributed by atoms with Gasteiger partial charge in [0.05, 0.1) is 7.11 Å². The number of carbonyl (C=O) groups is 2. The van der Waals surface area contributed by atoms with Crippen molar-refractivity contribution >= 4 is 18.0 Å². The van der Waals surface area contributed by atoms with Gasteiger partial charge in [0, 0.05) is 6.92 Å². The van der Waals surface area contributed by atoms with Crippen molar-refractivity contribution in [1.29, 1.82) is 0 Å². The highest BCUT2D eigenvalue weighted by atomic mass is 16.5. The van der Waals surface area contributed by atoms with Crippen LogP contribution in [0.15, 0.2) is 36.4 Å². The molecule has 20 heavy (non-hydrogen) atoms. The van der Waals surface area contributed by atoms with Crippen LogP contribution < -0.4 is 5.32 Å². The Kier molecular flexibility index (Phi) is 9.66. The van der Waals surface area contributed by atoms with Gasteiger partial charge in [-0.1, -0.05) is 56.3 Å². The third-order valence-corrected chi connectivity index (χ3v) is 2.34. The lowest BCUT2D eigenvalue weighted by molar-refractivity contribution is -0.144. The first-order valence-electron chi connectivity index (χ1n) is 6.70. The number of carbonyl (C=O) groups excluding carboxylic acids is 2. The van der Waals surface area contributed by atoms with Crippen LogP contribution in [0.1, 0.15) is 32.8 Å². The molecule has 0 aliphatic heterocycles. The minimum atomic E-state index is -0.632. The van der Waals surface area contributed by atoms with Gasteiger partial charge in [0.15, 0.2) is 0 Å². The SMILES string of the molecule is CC.COC(=O)C(C/C=C/c1ccccc1)NC(C)=O. The molecule has 1 rings (SSSR count). The van der Waals surface area contributed by atoms with Gasteiger partial charge < -0.3 is 10.1 Å². The highest BCUT2D eigenvalue weighted by molar-refractivity contribution is 5.83. The molecule has 0 spiro atoms. The summed E-state index contributed by atoms with van der Waals surface area (Å²) in [6.07, 6.45) is 4.14. The van der Waals surface area contributed by atoms with E-state index in [1.165, 1.54) is 14.0 Å². The Morgan fingerprint density at radius 3 is 2.35 bits per heavy atom. The summed E-state index contributed by atoms with van der Waals surface area (Å²) in [5.41, 5.74) is 1.05. The number of hydrogen-bond acceptors (Lipinski definition) is 3. The molecule has 1 amide bonds. The van der Waals surface area contributed by atoms with Crippen LogP contribution in [0.4, 0.5) is 0 Å². The lowest BCUT2D eigenvalue weighted by Crippen LogP contribution is -2.39. The Balaban J connectivity index is 0.00000172. The number of amides is 1. The van der Waals surface area contributed by atoms with Crippen LogP contribution in [0.5, 0.6) is 0 Å². The fourth-order valence-electron chi connectivity index (χ4n) is 1.51. The third kappa shape index (κ3) is 7.36. The van der Waals surface area contributed by atoms with Gasteiger partial charge in [0.25, 0.3) is 0 Å². The number of rotatable bonds is 5. The van der Waals surface area contributed by atoms with Crippen LogP contribution in [0.3, 0.4) is 0 Å². The number of nitrogens with one attached hydrogen (secondary N) is 1. The van der Waals surface area contributed by atoms with Crippen molar-refractivity contribution in [3.8, 4) is 0 Å². The second-order valence-electron chi connectivity index (χ2n) is 3.83. The molecule has 0 fully saturated rings. The molecule has 110 valence electrons. The van der Waals surface area contributed by atoms with Crippen LogP contribution in [0, 0.1) is 0 Å². The molecule has 1 N–H and O–H groups in total. The second kappa shape index (κ2) is 10.8. The van der Waals surface area contributed by atoms with E-state index in [1.54, 1.807) is 0 Å². The maximum Gasteiger partial charge on any atom is 0.328 e. The van der Waals surface area contributed by atoms with E-state index in [-0.39, 0.29) is 5.91 Å². The first-order valence-corrected chi connectivity index (χ1v) is 6.70. The van der Waals surface area contributed by atoms with Crippen molar-refractivity contribution in [3.05, 3.63) is 42.0 Å². The van der Waals surface area contributed by atoms with Crippen LogP contribution in [0.2, 0.25) is 0 Å². The Labute approximate surface area is 120 Å². The standard InChI is InChI=1S/C14H17NO3.C2H6/c1-11(16)15-13(14(17)18-2)10-6-9-12-7-4-3-5-8-12;1-2/h3-9,13H,10H2,1-2H3,(H,15,16);1-2H3/b9-6+;. The van der Waals surface area contributed by atoms with Gasteiger partial charge in [-0.25, -0.2) is 4.79 Å². The first kappa shape index (κ1) is 17.9. The molecule has 0 heterocycles. The zero-order valence-electron chi connectivity index (χ0n) is 12.6. The van der Waals surface area contributed by atoms with E-state index in [9.17, 15) is 9.59 Å². The number of esters is 1. The minimum Gasteiger partial charge on any atom is -0.467 e. The van der Waals surface area contributed by atoms with E-state index < -0.39 is 12.0 Å². The topological polar surface area (TPSA) is 55.4 Å². The van der Waals surface area contributed by atoms with Gasteiger partial charge in [-0.15, -0.1) is 0 Å². The van der Waals surface area contributed by atoms with Crippen molar-refractivity contribution in [3.63, 3.8) is 0 Å². The fourth-order valence-corrected chi connectivity index (χ4v) is 1.51. The molecule has 0 saturated heterocycles. The summed E-state index contributed by atoms with van der Waals surface area (Å²) < 4.78 is 4.63. The zero-order chi connectivity index (χ0) is 15.4. The van der Waals surface area contributed by atoms with Crippen LogP contribution in [-0.2, 0) is 14.3 Å². The van der Waals surface area contributed by atoms with Crippen LogP contribution >= 0.6 is 0 Å². The maximum atomic E-state index is 11.4. The van der Waals surface area contributed by atoms with Crippen LogP contribution in [-0.4, -0.2) is 25.0 Å². The van der Waals surface area contributed by atoms with Crippen molar-refractivity contribution in [2.75, 3.05) is 7.11 Å². The van der Waals surface area contributed by atoms with Gasteiger partial charge >= 0.3 is 5.97 Å². The molecule has 4 heteroatoms. The molecule has 0 aliphatic rings. The highest BCUT2D eigenvalue weighted by Gasteiger charge is 2.17. The molecular formula is C16H23NO3. The molecule has 1 atom stereocenters. The van der Waals surface area contributed by atoms with E-state index in [1.807, 2.05) is 56.3 Å². The summed E-state index contributed by atoms with van der Waals surface area (Å²) in [4.78, 5) is 22.4. The van der Waals surface area contributed by atoms with Crippen molar-refractivity contribution in [2.24, 2.45) is 0 Å². The van der Waals surface area contributed by atoms with Crippen molar-refractivity contribution in [2.45, 2.75) is 33.2 Å². The Bertz CT molecular complexity index is 427. The predicted molar refractivity (Wildman–Crippen MR) is 81.1 cm³/mol. The fraction of sp³-hybridized carbons (Fsp3) is 0.375. The van der Waals surface area contributed by atoms with Gasteiger partial charge in [-0.05, 0) is 12.0 Å². The maximum absolute atomic E-state index is 11.4. The summed E-state index contributed by atoms with van der Waals surface area (Å²) in [6, 6.07) is 9.10. The number of ether oxygens (including phenoxy) is 1. The minimum absolute atomic E-state index is 0.251. The molecular weight excluding hydrogens is 254 g/mol. The van der Waals surface area contributed by atoms with E-state index in [4.69, 9.17) is 0 Å². The lowest BCUT2D eigenvalue weighted by Gasteiger charge is -2.12. The predicted octanol–water partition coefficient (Wildman–Crippen LogP) is 2.79. The summed E-state index contributed by atoms with van der Waals surface area (Å²) in [5.74, 6) is -0.693. The molecule has 0 aromatic heterocycles. The van der Waals surface area contributed by atoms with E-state index in [0.29, 0.717) is 6.42 Å². The Morgan fingerprint density at radius 2 is 1.85 bits per heavy atom. The van der Waals surface area contributed by atoms with Crippen LogP contribution in [0.25, 0.3) is 6.08 Å². The van der Waals surface area contributed by atoms with Crippen molar-refractivity contribution in [1.82, 2.24) is 5.32 Å². The van der Waals surface area contributed by atoms with Gasteiger partial charge in [0.1, 0.15) is 6.04 Å². The van der Waals surface area contributed by atoms with Gasteiger partial charge in [0.2, 0.25) is 5.91 Å². The number of hydrogen-bond donors (Lipinski definition) is 1. The lowest BCUT2D eigenvalue weighted by atomic mass is 10.1. The first-order chi connectivity index (χ1) is 9.63. The summed E-state index contributed by atoms with van der Waals surface area (Å²) in [6.45, 7) is 5.37. The quantitative estimate of drug-likeness (QED) is 0.842. The smallest absolute Gasteiger partial charge is 0.328 e. The van der Waals surface area contributed by atoms with Gasteiger partial charge in [-0.2, -0.15) is 0 Å². The molecule has 4 nitrogen and oxygen atoms in total. The van der Waals surface area contributed by atoms with E-state index in [0.717, 1.165) is 5.56 Å².